The first-order valence-corrected chi connectivity index (χ1v) is 6.27. The monoisotopic (exact) mass is 255 g/mol. The van der Waals surface area contributed by atoms with Crippen LogP contribution in [0.25, 0.3) is 0 Å². The highest BCUT2D eigenvalue weighted by Gasteiger charge is 2.48. The lowest BCUT2D eigenvalue weighted by atomic mass is 9.64. The molecule has 2 atom stereocenters. The van der Waals surface area contributed by atoms with Crippen molar-refractivity contribution in [2.75, 3.05) is 11.9 Å². The zero-order valence-corrected chi connectivity index (χ0v) is 11.0. The van der Waals surface area contributed by atoms with Gasteiger partial charge < -0.3 is 10.1 Å². The summed E-state index contributed by atoms with van der Waals surface area (Å²) in [5.74, 6) is -1.12. The highest BCUT2D eigenvalue weighted by molar-refractivity contribution is 5.46. The number of rotatable bonds is 4. The summed E-state index contributed by atoms with van der Waals surface area (Å²) in [6.45, 7) is 6.86. The molecule has 18 heavy (non-hydrogen) atoms. The Balaban J connectivity index is 2.03. The van der Waals surface area contributed by atoms with Crippen molar-refractivity contribution in [3.05, 3.63) is 29.8 Å². The van der Waals surface area contributed by atoms with E-state index in [1.807, 2.05) is 6.92 Å². The predicted octanol–water partition coefficient (Wildman–Crippen LogP) is 3.58. The fourth-order valence-electron chi connectivity index (χ4n) is 2.45. The highest BCUT2D eigenvalue weighted by Crippen LogP contribution is 2.44. The second-order valence-corrected chi connectivity index (χ2v) is 5.36. The van der Waals surface area contributed by atoms with Crippen LogP contribution in [-0.2, 0) is 4.74 Å². The lowest BCUT2D eigenvalue weighted by molar-refractivity contribution is -0.0976. The van der Waals surface area contributed by atoms with Crippen LogP contribution in [0.5, 0.6) is 0 Å². The van der Waals surface area contributed by atoms with Gasteiger partial charge in [-0.1, -0.05) is 13.8 Å². The molecule has 0 heterocycles. The van der Waals surface area contributed by atoms with Gasteiger partial charge in [-0.15, -0.1) is 0 Å². The molecule has 1 aliphatic carbocycles. The van der Waals surface area contributed by atoms with Gasteiger partial charge in [-0.25, -0.2) is 8.78 Å². The van der Waals surface area contributed by atoms with Crippen molar-refractivity contribution in [3.63, 3.8) is 0 Å². The maximum atomic E-state index is 13.1. The number of hydrogen-bond donors (Lipinski definition) is 1. The third-order valence-corrected chi connectivity index (χ3v) is 3.75. The maximum absolute atomic E-state index is 13.1. The van der Waals surface area contributed by atoms with E-state index in [4.69, 9.17) is 4.74 Å². The molecule has 4 heteroatoms. The van der Waals surface area contributed by atoms with Crippen molar-refractivity contribution in [1.82, 2.24) is 0 Å². The molecule has 2 nitrogen and oxygen atoms in total. The molecule has 2 unspecified atom stereocenters. The minimum atomic E-state index is -0.559. The molecule has 0 spiro atoms. The van der Waals surface area contributed by atoms with E-state index in [1.54, 1.807) is 0 Å². The summed E-state index contributed by atoms with van der Waals surface area (Å²) >= 11 is 0. The summed E-state index contributed by atoms with van der Waals surface area (Å²) in [6.07, 6.45) is 1.07. The van der Waals surface area contributed by atoms with Crippen molar-refractivity contribution in [3.8, 4) is 0 Å². The Hall–Kier alpha value is -1.16. The molecule has 0 radical (unpaired) electrons. The maximum Gasteiger partial charge on any atom is 0.128 e. The Morgan fingerprint density at radius 2 is 1.89 bits per heavy atom. The smallest absolute Gasteiger partial charge is 0.128 e. The van der Waals surface area contributed by atoms with Gasteiger partial charge in [0, 0.05) is 29.8 Å². The molecule has 0 aromatic heterocycles. The summed E-state index contributed by atoms with van der Waals surface area (Å²) in [5, 5.41) is 3.18. The van der Waals surface area contributed by atoms with E-state index in [2.05, 4.69) is 19.2 Å². The predicted molar refractivity (Wildman–Crippen MR) is 67.6 cm³/mol. The van der Waals surface area contributed by atoms with Crippen molar-refractivity contribution in [1.29, 1.82) is 0 Å². The van der Waals surface area contributed by atoms with E-state index >= 15 is 0 Å². The van der Waals surface area contributed by atoms with Crippen molar-refractivity contribution < 1.29 is 13.5 Å². The van der Waals surface area contributed by atoms with E-state index in [-0.39, 0.29) is 17.6 Å². The van der Waals surface area contributed by atoms with Gasteiger partial charge in [-0.05, 0) is 25.5 Å². The first kappa shape index (κ1) is 13.3. The van der Waals surface area contributed by atoms with Crippen molar-refractivity contribution in [2.45, 2.75) is 39.3 Å². The summed E-state index contributed by atoms with van der Waals surface area (Å²) in [7, 11) is 0. The second kappa shape index (κ2) is 4.84. The van der Waals surface area contributed by atoms with Gasteiger partial charge in [0.25, 0.3) is 0 Å². The molecule has 0 bridgehead atoms. The molecule has 2 rings (SSSR count). The van der Waals surface area contributed by atoms with Crippen LogP contribution in [0.4, 0.5) is 14.5 Å². The van der Waals surface area contributed by atoms with Crippen LogP contribution in [0.15, 0.2) is 18.2 Å². The van der Waals surface area contributed by atoms with E-state index in [0.717, 1.165) is 12.5 Å². The Morgan fingerprint density at radius 1 is 1.28 bits per heavy atom. The van der Waals surface area contributed by atoms with E-state index < -0.39 is 11.6 Å². The third-order valence-electron chi connectivity index (χ3n) is 3.75. The molecule has 1 N–H and O–H groups in total. The first-order chi connectivity index (χ1) is 8.43. The van der Waals surface area contributed by atoms with Gasteiger partial charge in [0.1, 0.15) is 11.6 Å². The van der Waals surface area contributed by atoms with Gasteiger partial charge in [-0.2, -0.15) is 0 Å². The second-order valence-electron chi connectivity index (χ2n) is 5.36. The molecular weight excluding hydrogens is 236 g/mol. The van der Waals surface area contributed by atoms with Crippen LogP contribution < -0.4 is 5.32 Å². The molecule has 0 amide bonds. The third kappa shape index (κ3) is 2.48. The van der Waals surface area contributed by atoms with Gasteiger partial charge in [0.15, 0.2) is 0 Å². The number of hydrogen-bond acceptors (Lipinski definition) is 2. The Bertz CT molecular complexity index is 414. The van der Waals surface area contributed by atoms with Gasteiger partial charge in [-0.3, -0.25) is 0 Å². The SMILES string of the molecule is CCOC1CC(Nc2cc(F)cc(F)c2)C1(C)C. The minimum absolute atomic E-state index is 0.0290. The highest BCUT2D eigenvalue weighted by atomic mass is 19.1. The molecule has 1 aliphatic rings. The quantitative estimate of drug-likeness (QED) is 0.888. The fourth-order valence-corrected chi connectivity index (χ4v) is 2.45. The summed E-state index contributed by atoms with van der Waals surface area (Å²) in [5.41, 5.74) is 0.458. The van der Waals surface area contributed by atoms with Gasteiger partial charge >= 0.3 is 0 Å². The molecule has 0 aliphatic heterocycles. The number of halogens is 2. The summed E-state index contributed by atoms with van der Waals surface area (Å²) in [6, 6.07) is 3.68. The van der Waals surface area contributed by atoms with Crippen LogP contribution in [0, 0.1) is 17.0 Å². The zero-order valence-electron chi connectivity index (χ0n) is 11.0. The Labute approximate surface area is 106 Å². The van der Waals surface area contributed by atoms with E-state index in [1.165, 1.54) is 12.1 Å². The van der Waals surface area contributed by atoms with Crippen LogP contribution in [0.3, 0.4) is 0 Å². The van der Waals surface area contributed by atoms with Crippen LogP contribution in [-0.4, -0.2) is 18.8 Å². The number of nitrogens with one attached hydrogen (secondary N) is 1. The molecule has 100 valence electrons. The molecular formula is C14H19F2NO. The van der Waals surface area contributed by atoms with Gasteiger partial charge in [0.05, 0.1) is 6.10 Å². The minimum Gasteiger partial charge on any atom is -0.381 e. The van der Waals surface area contributed by atoms with Gasteiger partial charge in [0.2, 0.25) is 0 Å². The average molecular weight is 255 g/mol. The Kier molecular flexibility index (Phi) is 3.57. The number of ether oxygens (including phenoxy) is 1. The van der Waals surface area contributed by atoms with E-state index in [9.17, 15) is 8.78 Å². The van der Waals surface area contributed by atoms with E-state index in [0.29, 0.717) is 12.3 Å². The molecule has 1 aromatic rings. The Morgan fingerprint density at radius 3 is 2.39 bits per heavy atom. The molecule has 1 aromatic carbocycles. The first-order valence-electron chi connectivity index (χ1n) is 6.27. The van der Waals surface area contributed by atoms with Crippen LogP contribution in [0.1, 0.15) is 27.2 Å². The molecule has 1 fully saturated rings. The normalized spacial score (nSPS) is 25.6. The number of benzene rings is 1. The average Bonchev–Trinajstić information content (AvgIpc) is 2.26. The zero-order chi connectivity index (χ0) is 13.3. The topological polar surface area (TPSA) is 21.3 Å². The molecule has 0 saturated heterocycles. The standard InChI is InChI=1S/C14H19F2NO/c1-4-18-13-8-12(14(13,2)3)17-11-6-9(15)5-10(16)7-11/h5-7,12-13,17H,4,8H2,1-3H3. The lowest BCUT2D eigenvalue weighted by Crippen LogP contribution is -2.58. The largest absolute Gasteiger partial charge is 0.381 e. The number of anilines is 1. The lowest BCUT2D eigenvalue weighted by Gasteiger charge is -2.52. The fraction of sp³-hybridized carbons (Fsp3) is 0.571. The van der Waals surface area contributed by atoms with Crippen LogP contribution >= 0.6 is 0 Å². The van der Waals surface area contributed by atoms with Crippen LogP contribution in [0.2, 0.25) is 0 Å². The van der Waals surface area contributed by atoms with Crippen molar-refractivity contribution >= 4 is 5.69 Å². The van der Waals surface area contributed by atoms with Crippen molar-refractivity contribution in [2.24, 2.45) is 5.41 Å². The summed E-state index contributed by atoms with van der Waals surface area (Å²) in [4.78, 5) is 0. The molecule has 1 saturated carbocycles. The summed E-state index contributed by atoms with van der Waals surface area (Å²) < 4.78 is 31.8.